The Balaban J connectivity index is 2.22. The van der Waals surface area contributed by atoms with Gasteiger partial charge in [0.2, 0.25) is 0 Å². The highest BCUT2D eigenvalue weighted by atomic mass is 35.5. The SMILES string of the molecule is C=CCN(Cc1ccc(Cl)s1)C(=O)c1ccc(N)c(Cl)c1. The monoisotopic (exact) mass is 340 g/mol. The van der Waals surface area contributed by atoms with Crippen molar-refractivity contribution in [3.05, 3.63) is 62.8 Å². The molecule has 21 heavy (non-hydrogen) atoms. The zero-order valence-corrected chi connectivity index (χ0v) is 13.5. The van der Waals surface area contributed by atoms with Gasteiger partial charge in [-0.3, -0.25) is 4.79 Å². The number of carbonyl (C=O) groups excluding carboxylic acids is 1. The Morgan fingerprint density at radius 3 is 2.67 bits per heavy atom. The Labute approximate surface area is 137 Å². The maximum Gasteiger partial charge on any atom is 0.254 e. The molecule has 0 unspecified atom stereocenters. The van der Waals surface area contributed by atoms with Crippen molar-refractivity contribution in [3.63, 3.8) is 0 Å². The molecule has 2 rings (SSSR count). The van der Waals surface area contributed by atoms with E-state index < -0.39 is 0 Å². The quantitative estimate of drug-likeness (QED) is 0.644. The van der Waals surface area contributed by atoms with Gasteiger partial charge in [0.15, 0.2) is 0 Å². The van der Waals surface area contributed by atoms with Crippen molar-refractivity contribution in [2.24, 2.45) is 0 Å². The molecule has 1 aromatic heterocycles. The van der Waals surface area contributed by atoms with Crippen molar-refractivity contribution in [1.29, 1.82) is 0 Å². The summed E-state index contributed by atoms with van der Waals surface area (Å²) < 4.78 is 0.700. The molecule has 0 radical (unpaired) electrons. The summed E-state index contributed by atoms with van der Waals surface area (Å²) in [6, 6.07) is 8.60. The highest BCUT2D eigenvalue weighted by Gasteiger charge is 2.16. The number of amides is 1. The van der Waals surface area contributed by atoms with Gasteiger partial charge in [0.25, 0.3) is 5.91 Å². The fraction of sp³-hybridized carbons (Fsp3) is 0.133. The van der Waals surface area contributed by atoms with Crippen LogP contribution in [0.1, 0.15) is 15.2 Å². The van der Waals surface area contributed by atoms with Gasteiger partial charge >= 0.3 is 0 Å². The zero-order valence-electron chi connectivity index (χ0n) is 11.2. The molecule has 0 aliphatic carbocycles. The summed E-state index contributed by atoms with van der Waals surface area (Å²) in [6.07, 6.45) is 1.69. The maximum atomic E-state index is 12.6. The minimum absolute atomic E-state index is 0.124. The highest BCUT2D eigenvalue weighted by molar-refractivity contribution is 7.16. The fourth-order valence-electron chi connectivity index (χ4n) is 1.84. The number of nitrogen functional groups attached to an aromatic ring is 1. The van der Waals surface area contributed by atoms with Crippen LogP contribution < -0.4 is 5.73 Å². The van der Waals surface area contributed by atoms with E-state index in [0.717, 1.165) is 4.88 Å². The van der Waals surface area contributed by atoms with Crippen LogP contribution in [0.15, 0.2) is 43.0 Å². The number of hydrogen-bond donors (Lipinski definition) is 1. The smallest absolute Gasteiger partial charge is 0.254 e. The third kappa shape index (κ3) is 4.00. The second-order valence-electron chi connectivity index (χ2n) is 4.42. The summed E-state index contributed by atoms with van der Waals surface area (Å²) in [5.74, 6) is -0.124. The number of halogens is 2. The third-order valence-electron chi connectivity index (χ3n) is 2.86. The van der Waals surface area contributed by atoms with Crippen LogP contribution in [-0.4, -0.2) is 17.4 Å². The fourth-order valence-corrected chi connectivity index (χ4v) is 3.13. The first kappa shape index (κ1) is 15.9. The highest BCUT2D eigenvalue weighted by Crippen LogP contribution is 2.24. The first-order chi connectivity index (χ1) is 10.0. The molecular formula is C15H14Cl2N2OS. The Morgan fingerprint density at radius 2 is 2.10 bits per heavy atom. The molecule has 0 saturated heterocycles. The van der Waals surface area contributed by atoms with Gasteiger partial charge in [0.05, 0.1) is 21.6 Å². The minimum atomic E-state index is -0.124. The first-order valence-corrected chi connectivity index (χ1v) is 7.78. The molecule has 2 aromatic rings. The van der Waals surface area contributed by atoms with E-state index in [1.807, 2.05) is 12.1 Å². The molecule has 2 N–H and O–H groups in total. The van der Waals surface area contributed by atoms with Crippen molar-refractivity contribution in [2.75, 3.05) is 12.3 Å². The Bertz CT molecular complexity index is 669. The van der Waals surface area contributed by atoms with Crippen molar-refractivity contribution in [3.8, 4) is 0 Å². The number of rotatable bonds is 5. The van der Waals surface area contributed by atoms with Crippen molar-refractivity contribution < 1.29 is 4.79 Å². The molecular weight excluding hydrogens is 327 g/mol. The van der Waals surface area contributed by atoms with Crippen LogP contribution in [0.25, 0.3) is 0 Å². The molecule has 3 nitrogen and oxygen atoms in total. The van der Waals surface area contributed by atoms with E-state index in [1.54, 1.807) is 29.2 Å². The molecule has 1 aromatic carbocycles. The average molecular weight is 341 g/mol. The van der Waals surface area contributed by atoms with Gasteiger partial charge in [-0.1, -0.05) is 29.3 Å². The summed E-state index contributed by atoms with van der Waals surface area (Å²) in [5, 5.41) is 0.374. The molecule has 6 heteroatoms. The van der Waals surface area contributed by atoms with E-state index >= 15 is 0 Å². The zero-order chi connectivity index (χ0) is 15.4. The van der Waals surface area contributed by atoms with Gasteiger partial charge in [0.1, 0.15) is 0 Å². The largest absolute Gasteiger partial charge is 0.398 e. The topological polar surface area (TPSA) is 46.3 Å². The number of anilines is 1. The maximum absolute atomic E-state index is 12.6. The number of hydrogen-bond acceptors (Lipinski definition) is 3. The molecule has 1 amide bonds. The Kier molecular flexibility index (Phi) is 5.28. The normalized spacial score (nSPS) is 10.4. The summed E-state index contributed by atoms with van der Waals surface area (Å²) in [7, 11) is 0. The van der Waals surface area contributed by atoms with E-state index in [2.05, 4.69) is 6.58 Å². The molecule has 0 saturated carbocycles. The van der Waals surface area contributed by atoms with Crippen LogP contribution in [0.2, 0.25) is 9.36 Å². The van der Waals surface area contributed by atoms with Gasteiger partial charge in [-0.25, -0.2) is 0 Å². The number of thiophene rings is 1. The van der Waals surface area contributed by atoms with Crippen molar-refractivity contribution in [1.82, 2.24) is 4.90 Å². The Morgan fingerprint density at radius 1 is 1.33 bits per heavy atom. The average Bonchev–Trinajstić information content (AvgIpc) is 2.86. The number of carbonyl (C=O) groups is 1. The van der Waals surface area contributed by atoms with Crippen LogP contribution in [0.5, 0.6) is 0 Å². The lowest BCUT2D eigenvalue weighted by molar-refractivity contribution is 0.0764. The molecule has 1 heterocycles. The van der Waals surface area contributed by atoms with Crippen LogP contribution in [-0.2, 0) is 6.54 Å². The lowest BCUT2D eigenvalue weighted by Gasteiger charge is -2.20. The van der Waals surface area contributed by atoms with Crippen molar-refractivity contribution in [2.45, 2.75) is 6.54 Å². The standard InChI is InChI=1S/C15H14Cl2N2OS/c1-2-7-19(9-11-4-6-14(17)21-11)15(20)10-3-5-13(18)12(16)8-10/h2-6,8H,1,7,9,18H2. The summed E-state index contributed by atoms with van der Waals surface area (Å²) in [4.78, 5) is 15.2. The number of benzene rings is 1. The van der Waals surface area contributed by atoms with Crippen LogP contribution in [0, 0.1) is 0 Å². The Hall–Kier alpha value is -1.49. The van der Waals surface area contributed by atoms with E-state index in [-0.39, 0.29) is 5.91 Å². The van der Waals surface area contributed by atoms with Crippen LogP contribution >= 0.6 is 34.5 Å². The minimum Gasteiger partial charge on any atom is -0.398 e. The lowest BCUT2D eigenvalue weighted by Crippen LogP contribution is -2.30. The van der Waals surface area contributed by atoms with Gasteiger partial charge in [-0.05, 0) is 30.3 Å². The van der Waals surface area contributed by atoms with E-state index in [9.17, 15) is 4.79 Å². The second kappa shape index (κ2) is 6.98. The molecule has 0 bridgehead atoms. The summed E-state index contributed by atoms with van der Waals surface area (Å²) in [6.45, 7) is 4.61. The van der Waals surface area contributed by atoms with E-state index in [0.29, 0.717) is 33.7 Å². The molecule has 0 aliphatic heterocycles. The van der Waals surface area contributed by atoms with Crippen molar-refractivity contribution >= 4 is 46.1 Å². The first-order valence-electron chi connectivity index (χ1n) is 6.20. The van der Waals surface area contributed by atoms with E-state index in [1.165, 1.54) is 11.3 Å². The van der Waals surface area contributed by atoms with Crippen LogP contribution in [0.4, 0.5) is 5.69 Å². The van der Waals surface area contributed by atoms with Crippen LogP contribution in [0.3, 0.4) is 0 Å². The predicted octanol–water partition coefficient (Wildman–Crippen LogP) is 4.47. The van der Waals surface area contributed by atoms with Gasteiger partial charge in [-0.2, -0.15) is 0 Å². The van der Waals surface area contributed by atoms with E-state index in [4.69, 9.17) is 28.9 Å². The van der Waals surface area contributed by atoms with Gasteiger partial charge < -0.3 is 10.6 Å². The molecule has 110 valence electrons. The van der Waals surface area contributed by atoms with Gasteiger partial charge in [0, 0.05) is 17.0 Å². The summed E-state index contributed by atoms with van der Waals surface area (Å²) >= 11 is 13.3. The summed E-state index contributed by atoms with van der Waals surface area (Å²) in [5.41, 5.74) is 6.62. The molecule has 0 fully saturated rings. The molecule has 0 aliphatic rings. The molecule has 0 spiro atoms. The number of nitrogens with zero attached hydrogens (tertiary/aromatic N) is 1. The third-order valence-corrected chi connectivity index (χ3v) is 4.40. The lowest BCUT2D eigenvalue weighted by atomic mass is 10.1. The molecule has 0 atom stereocenters. The number of nitrogens with two attached hydrogens (primary N) is 1. The predicted molar refractivity (Wildman–Crippen MR) is 90.1 cm³/mol. The van der Waals surface area contributed by atoms with Gasteiger partial charge in [-0.15, -0.1) is 17.9 Å². The second-order valence-corrected chi connectivity index (χ2v) is 6.62.